The van der Waals surface area contributed by atoms with Gasteiger partial charge in [-0.1, -0.05) is 43.5 Å². The largest absolute Gasteiger partial charge is 0.324 e. The Kier molecular flexibility index (Phi) is 5.23. The Hall–Kier alpha value is -0.440. The predicted octanol–water partition coefficient (Wildman–Crippen LogP) is 4.13. The molecule has 6 unspecified atom stereocenters. The molecule has 3 amide bonds. The van der Waals surface area contributed by atoms with Gasteiger partial charge in [0.25, 0.3) is 0 Å². The lowest BCUT2D eigenvalue weighted by Gasteiger charge is -2.28. The number of alkyl halides is 2. The molecule has 5 nitrogen and oxygen atoms in total. The number of carbonyl (C=O) groups is 3. The van der Waals surface area contributed by atoms with Crippen molar-refractivity contribution in [3.63, 3.8) is 0 Å². The SMILES string of the molecule is Cc1c(NC(=O)CN2C(=O)C3C4CC(C(Br)C4Br)C3C2=O)ccc(Br)c1Cl. The number of hydrogen-bond acceptors (Lipinski definition) is 3. The lowest BCUT2D eigenvalue weighted by Crippen LogP contribution is -2.39. The van der Waals surface area contributed by atoms with E-state index < -0.39 is 5.91 Å². The van der Waals surface area contributed by atoms with E-state index in [-0.39, 0.29) is 51.7 Å². The number of benzene rings is 1. The molecule has 1 heterocycles. The molecule has 3 fully saturated rings. The molecule has 144 valence electrons. The number of carbonyl (C=O) groups excluding carboxylic acids is 3. The van der Waals surface area contributed by atoms with Crippen LogP contribution in [0.5, 0.6) is 0 Å². The molecule has 9 heteroatoms. The van der Waals surface area contributed by atoms with Crippen molar-refractivity contribution < 1.29 is 14.4 Å². The Morgan fingerprint density at radius 2 is 1.74 bits per heavy atom. The summed E-state index contributed by atoms with van der Waals surface area (Å²) in [5.41, 5.74) is 1.28. The van der Waals surface area contributed by atoms with E-state index in [0.717, 1.165) is 21.4 Å². The summed E-state index contributed by atoms with van der Waals surface area (Å²) in [4.78, 5) is 39.7. The Labute approximate surface area is 186 Å². The van der Waals surface area contributed by atoms with Crippen LogP contribution in [0.1, 0.15) is 12.0 Å². The van der Waals surface area contributed by atoms with E-state index in [9.17, 15) is 14.4 Å². The van der Waals surface area contributed by atoms with Crippen LogP contribution in [-0.4, -0.2) is 38.8 Å². The minimum absolute atomic E-state index is 0.140. The van der Waals surface area contributed by atoms with Crippen LogP contribution in [-0.2, 0) is 14.4 Å². The number of nitrogens with zero attached hydrogens (tertiary/aromatic N) is 1. The van der Waals surface area contributed by atoms with E-state index >= 15 is 0 Å². The minimum atomic E-state index is -0.406. The summed E-state index contributed by atoms with van der Waals surface area (Å²) in [5, 5.41) is 3.27. The van der Waals surface area contributed by atoms with Gasteiger partial charge in [-0.25, -0.2) is 0 Å². The highest BCUT2D eigenvalue weighted by Gasteiger charge is 2.66. The highest BCUT2D eigenvalue weighted by Crippen LogP contribution is 2.60. The number of anilines is 1. The summed E-state index contributed by atoms with van der Waals surface area (Å²) < 4.78 is 0.738. The second kappa shape index (κ2) is 7.11. The minimum Gasteiger partial charge on any atom is -0.324 e. The average molecular weight is 584 g/mol. The molecule has 6 atom stereocenters. The van der Waals surface area contributed by atoms with E-state index in [1.807, 2.05) is 0 Å². The number of halogens is 4. The monoisotopic (exact) mass is 580 g/mol. The average Bonchev–Trinajstić information content (AvgIpc) is 3.23. The molecule has 1 aliphatic heterocycles. The fourth-order valence-corrected chi connectivity index (χ4v) is 7.15. The van der Waals surface area contributed by atoms with Crippen LogP contribution in [0.25, 0.3) is 0 Å². The van der Waals surface area contributed by atoms with Crippen LogP contribution in [0.3, 0.4) is 0 Å². The molecule has 0 radical (unpaired) electrons. The number of amides is 3. The first kappa shape index (κ1) is 19.9. The number of imide groups is 1. The summed E-state index contributed by atoms with van der Waals surface area (Å²) in [6.45, 7) is 1.53. The van der Waals surface area contributed by atoms with Crippen molar-refractivity contribution >= 4 is 82.8 Å². The van der Waals surface area contributed by atoms with E-state index in [1.54, 1.807) is 19.1 Å². The molecule has 4 rings (SSSR count). The normalized spacial score (nSPS) is 34.3. The molecule has 1 aromatic rings. The van der Waals surface area contributed by atoms with Crippen LogP contribution in [0.15, 0.2) is 16.6 Å². The van der Waals surface area contributed by atoms with E-state index in [0.29, 0.717) is 10.7 Å². The van der Waals surface area contributed by atoms with Crippen LogP contribution in [0.2, 0.25) is 5.02 Å². The second-order valence-electron chi connectivity index (χ2n) is 7.35. The lowest BCUT2D eigenvalue weighted by molar-refractivity contribution is -0.143. The number of nitrogens with one attached hydrogen (secondary N) is 1. The van der Waals surface area contributed by atoms with E-state index in [1.165, 1.54) is 0 Å². The molecular weight excluding hydrogens is 567 g/mol. The van der Waals surface area contributed by atoms with Gasteiger partial charge in [0.05, 0.1) is 16.9 Å². The molecule has 2 aliphatic carbocycles. The Bertz CT molecular complexity index is 832. The van der Waals surface area contributed by atoms with Gasteiger partial charge in [-0.05, 0) is 58.8 Å². The highest BCUT2D eigenvalue weighted by molar-refractivity contribution is 9.12. The molecular formula is C18H16Br3ClN2O3. The maximum absolute atomic E-state index is 12.9. The predicted molar refractivity (Wildman–Crippen MR) is 113 cm³/mol. The van der Waals surface area contributed by atoms with Crippen molar-refractivity contribution in [3.8, 4) is 0 Å². The zero-order valence-electron chi connectivity index (χ0n) is 14.2. The molecule has 0 spiro atoms. The van der Waals surface area contributed by atoms with Crippen LogP contribution < -0.4 is 5.32 Å². The van der Waals surface area contributed by atoms with Crippen LogP contribution in [0, 0.1) is 30.6 Å². The first-order valence-corrected chi connectivity index (χ1v) is 11.6. The summed E-state index contributed by atoms with van der Waals surface area (Å²) in [6.07, 6.45) is 0.870. The molecule has 1 aromatic carbocycles. The molecule has 27 heavy (non-hydrogen) atoms. The van der Waals surface area contributed by atoms with Crippen LogP contribution >= 0.6 is 59.4 Å². The Morgan fingerprint density at radius 3 is 2.30 bits per heavy atom. The van der Waals surface area contributed by atoms with E-state index in [2.05, 4.69) is 53.1 Å². The van der Waals surface area contributed by atoms with Crippen molar-refractivity contribution in [3.05, 3.63) is 27.2 Å². The van der Waals surface area contributed by atoms with E-state index in [4.69, 9.17) is 11.6 Å². The lowest BCUT2D eigenvalue weighted by atomic mass is 9.81. The van der Waals surface area contributed by atoms with Gasteiger partial charge in [-0.15, -0.1) is 0 Å². The van der Waals surface area contributed by atoms with Gasteiger partial charge in [-0.3, -0.25) is 19.3 Å². The van der Waals surface area contributed by atoms with Gasteiger partial charge in [0.2, 0.25) is 17.7 Å². The number of hydrogen-bond donors (Lipinski definition) is 1. The van der Waals surface area contributed by atoms with Gasteiger partial charge >= 0.3 is 0 Å². The van der Waals surface area contributed by atoms with Gasteiger partial charge in [0, 0.05) is 19.8 Å². The number of rotatable bonds is 3. The zero-order valence-corrected chi connectivity index (χ0v) is 19.7. The molecule has 0 aromatic heterocycles. The third-order valence-electron chi connectivity index (χ3n) is 5.99. The first-order valence-electron chi connectivity index (χ1n) is 8.60. The quantitative estimate of drug-likeness (QED) is 0.430. The maximum Gasteiger partial charge on any atom is 0.244 e. The van der Waals surface area contributed by atoms with Crippen molar-refractivity contribution in [2.45, 2.75) is 23.0 Å². The van der Waals surface area contributed by atoms with Crippen LogP contribution in [0.4, 0.5) is 5.69 Å². The van der Waals surface area contributed by atoms with Crippen molar-refractivity contribution in [1.29, 1.82) is 0 Å². The molecule has 1 saturated heterocycles. The number of likely N-dealkylation sites (tertiary alicyclic amines) is 1. The van der Waals surface area contributed by atoms with Crippen molar-refractivity contribution in [2.75, 3.05) is 11.9 Å². The van der Waals surface area contributed by atoms with Crippen molar-refractivity contribution in [2.24, 2.45) is 23.7 Å². The van der Waals surface area contributed by atoms with Gasteiger partial charge in [-0.2, -0.15) is 0 Å². The Balaban J connectivity index is 1.49. The summed E-state index contributed by atoms with van der Waals surface area (Å²) in [7, 11) is 0. The smallest absolute Gasteiger partial charge is 0.244 e. The maximum atomic E-state index is 12.9. The molecule has 2 bridgehead atoms. The Morgan fingerprint density at radius 1 is 1.19 bits per heavy atom. The third kappa shape index (κ3) is 3.02. The summed E-state index contributed by atoms with van der Waals surface area (Å²) in [6, 6.07) is 3.47. The van der Waals surface area contributed by atoms with Gasteiger partial charge in [0.15, 0.2) is 0 Å². The highest BCUT2D eigenvalue weighted by atomic mass is 79.9. The zero-order chi connectivity index (χ0) is 19.6. The standard InChI is InChI=1S/C18H16Br3ClN2O3/c1-6-10(3-2-9(19)16(6)22)23-11(25)5-24-17(26)12-7-4-8(13(12)18(24)27)15(21)14(7)20/h2-3,7-8,12-15H,4-5H2,1H3,(H,23,25). The molecule has 3 aliphatic rings. The van der Waals surface area contributed by atoms with Gasteiger partial charge < -0.3 is 5.32 Å². The molecule has 2 saturated carbocycles. The first-order chi connectivity index (χ1) is 12.7. The topological polar surface area (TPSA) is 66.5 Å². The fourth-order valence-electron chi connectivity index (χ4n) is 4.69. The molecule has 1 N–H and O–H groups in total. The fraction of sp³-hybridized carbons (Fsp3) is 0.500. The second-order valence-corrected chi connectivity index (χ2v) is 10.7. The number of fused-ring (bicyclic) bond motifs is 5. The summed E-state index contributed by atoms with van der Waals surface area (Å²) >= 11 is 16.8. The van der Waals surface area contributed by atoms with Gasteiger partial charge in [0.1, 0.15) is 6.54 Å². The van der Waals surface area contributed by atoms with Crippen molar-refractivity contribution in [1.82, 2.24) is 4.90 Å². The third-order valence-corrected chi connectivity index (χ3v) is 10.6. The summed E-state index contributed by atoms with van der Waals surface area (Å²) in [5.74, 6) is -1.18.